The summed E-state index contributed by atoms with van der Waals surface area (Å²) in [5, 5.41) is 7.24. The number of carbonyl (C=O) groups excluding carboxylic acids is 1. The molecular weight excluding hydrogens is 387 g/mol. The largest absolute Gasteiger partial charge is 0.484 e. The monoisotopic (exact) mass is 405 g/mol. The first-order chi connectivity index (χ1) is 12.3. The van der Waals surface area contributed by atoms with Crippen molar-refractivity contribution >= 4 is 34.8 Å². The number of thioether (sulfide) groups is 1. The highest BCUT2D eigenvalue weighted by Crippen LogP contribution is 2.27. The van der Waals surface area contributed by atoms with Crippen LogP contribution in [0.15, 0.2) is 34.1 Å². The Balaban J connectivity index is 1.75. The second-order valence-electron chi connectivity index (χ2n) is 5.21. The molecule has 10 heteroatoms. The second kappa shape index (κ2) is 9.67. The molecule has 1 aromatic carbocycles. The van der Waals surface area contributed by atoms with Gasteiger partial charge in [0.2, 0.25) is 0 Å². The Morgan fingerprint density at radius 3 is 2.88 bits per heavy atom. The van der Waals surface area contributed by atoms with Crippen LogP contribution in [0.25, 0.3) is 0 Å². The third-order valence-corrected chi connectivity index (χ3v) is 5.22. The molecule has 142 valence electrons. The van der Waals surface area contributed by atoms with E-state index in [0.717, 1.165) is 16.5 Å². The minimum atomic E-state index is -4.41. The van der Waals surface area contributed by atoms with Crippen LogP contribution in [0.4, 0.5) is 23.7 Å². The molecule has 0 aliphatic rings. The van der Waals surface area contributed by atoms with Crippen molar-refractivity contribution in [3.63, 3.8) is 0 Å². The molecule has 2 amide bonds. The molecular formula is C16H18F3N3O2S2. The van der Waals surface area contributed by atoms with Gasteiger partial charge in [0.05, 0.1) is 0 Å². The van der Waals surface area contributed by atoms with Crippen molar-refractivity contribution in [3.8, 4) is 5.75 Å². The fourth-order valence-electron chi connectivity index (χ4n) is 1.95. The summed E-state index contributed by atoms with van der Waals surface area (Å²) < 4.78 is 42.6. The summed E-state index contributed by atoms with van der Waals surface area (Å²) >= 11 is 3.19. The molecule has 2 aromatic rings. The quantitative estimate of drug-likeness (QED) is 0.494. The molecule has 5 nitrogen and oxygen atoms in total. The Hall–Kier alpha value is -1.94. The van der Waals surface area contributed by atoms with Crippen LogP contribution in [0.3, 0.4) is 0 Å². The number of ether oxygens (including phenoxy) is 1. The van der Waals surface area contributed by atoms with Gasteiger partial charge in [0.25, 0.3) is 0 Å². The summed E-state index contributed by atoms with van der Waals surface area (Å²) in [6, 6.07) is 4.15. The van der Waals surface area contributed by atoms with E-state index < -0.39 is 18.8 Å². The molecule has 26 heavy (non-hydrogen) atoms. The summed E-state index contributed by atoms with van der Waals surface area (Å²) in [4.78, 5) is 16.1. The average Bonchev–Trinajstić information content (AvgIpc) is 3.08. The number of amides is 2. The zero-order valence-electron chi connectivity index (χ0n) is 13.9. The van der Waals surface area contributed by atoms with Crippen molar-refractivity contribution in [1.29, 1.82) is 0 Å². The van der Waals surface area contributed by atoms with E-state index in [0.29, 0.717) is 17.8 Å². The number of nitrogens with zero attached hydrogens (tertiary/aromatic N) is 1. The van der Waals surface area contributed by atoms with Gasteiger partial charge in [-0.25, -0.2) is 9.78 Å². The number of urea groups is 1. The van der Waals surface area contributed by atoms with Crippen LogP contribution >= 0.6 is 23.1 Å². The molecule has 0 aliphatic heterocycles. The highest BCUT2D eigenvalue weighted by molar-refractivity contribution is 8.00. The number of hydrogen-bond acceptors (Lipinski definition) is 5. The van der Waals surface area contributed by atoms with E-state index in [4.69, 9.17) is 4.74 Å². The molecule has 0 unspecified atom stereocenters. The topological polar surface area (TPSA) is 63.2 Å². The predicted octanol–water partition coefficient (Wildman–Crippen LogP) is 4.70. The maximum atomic E-state index is 12.3. The molecule has 0 saturated heterocycles. The fraction of sp³-hybridized carbons (Fsp3) is 0.375. The summed E-state index contributed by atoms with van der Waals surface area (Å²) in [6.45, 7) is 0.694. The Morgan fingerprint density at radius 2 is 2.19 bits per heavy atom. The van der Waals surface area contributed by atoms with Crippen molar-refractivity contribution in [2.24, 2.45) is 0 Å². The molecule has 0 spiro atoms. The van der Waals surface area contributed by atoms with Gasteiger partial charge in [0.15, 0.2) is 6.61 Å². The number of rotatable bonds is 8. The normalized spacial score (nSPS) is 11.2. The van der Waals surface area contributed by atoms with Gasteiger partial charge < -0.3 is 15.4 Å². The number of benzene rings is 1. The molecule has 0 saturated carbocycles. The van der Waals surface area contributed by atoms with Gasteiger partial charge in [-0.3, -0.25) is 0 Å². The number of alkyl halides is 3. The van der Waals surface area contributed by atoms with Crippen molar-refractivity contribution in [3.05, 3.63) is 35.3 Å². The number of hydrogen-bond donors (Lipinski definition) is 2. The van der Waals surface area contributed by atoms with Crippen LogP contribution in [0.5, 0.6) is 5.75 Å². The lowest BCUT2D eigenvalue weighted by Crippen LogP contribution is -2.30. The fourth-order valence-corrected chi connectivity index (χ4v) is 3.59. The van der Waals surface area contributed by atoms with Crippen LogP contribution < -0.4 is 15.4 Å². The van der Waals surface area contributed by atoms with Crippen molar-refractivity contribution < 1.29 is 22.7 Å². The standard InChI is InChI=1S/C16H18F3N3O2S2/c1-11-12(4-2-5-13(11)24-10-16(17,18)19)22-14(23)20-6-3-8-25-15-21-7-9-26-15/h2,4-5,7,9H,3,6,8,10H2,1H3,(H2,20,22,23). The first-order valence-corrected chi connectivity index (χ1v) is 9.58. The predicted molar refractivity (Wildman–Crippen MR) is 97.2 cm³/mol. The molecule has 2 rings (SSSR count). The molecule has 2 N–H and O–H groups in total. The summed E-state index contributed by atoms with van der Waals surface area (Å²) in [5.41, 5.74) is 0.838. The van der Waals surface area contributed by atoms with Crippen LogP contribution in [0.2, 0.25) is 0 Å². The number of aromatic nitrogens is 1. The maximum absolute atomic E-state index is 12.3. The summed E-state index contributed by atoms with van der Waals surface area (Å²) in [5.74, 6) is 0.910. The van der Waals surface area contributed by atoms with Gasteiger partial charge >= 0.3 is 12.2 Å². The van der Waals surface area contributed by atoms with Gasteiger partial charge in [0, 0.05) is 35.1 Å². The SMILES string of the molecule is Cc1c(NC(=O)NCCCSc2nccs2)cccc1OCC(F)(F)F. The maximum Gasteiger partial charge on any atom is 0.422 e. The first-order valence-electron chi connectivity index (χ1n) is 7.71. The first kappa shape index (κ1) is 20.4. The van der Waals surface area contributed by atoms with Crippen molar-refractivity contribution in [2.45, 2.75) is 23.9 Å². The molecule has 0 radical (unpaired) electrons. The summed E-state index contributed by atoms with van der Waals surface area (Å²) in [7, 11) is 0. The third kappa shape index (κ3) is 7.12. The van der Waals surface area contributed by atoms with Gasteiger partial charge in [0.1, 0.15) is 10.1 Å². The van der Waals surface area contributed by atoms with Crippen LogP contribution in [0, 0.1) is 6.92 Å². The highest BCUT2D eigenvalue weighted by atomic mass is 32.2. The van der Waals surface area contributed by atoms with E-state index >= 15 is 0 Å². The molecule has 1 heterocycles. The number of halogens is 3. The minimum absolute atomic E-state index is 0.0833. The molecule has 1 aromatic heterocycles. The lowest BCUT2D eigenvalue weighted by atomic mass is 10.2. The van der Waals surface area contributed by atoms with E-state index in [1.807, 2.05) is 5.38 Å². The Bertz CT molecular complexity index is 709. The van der Waals surface area contributed by atoms with Crippen molar-refractivity contribution in [1.82, 2.24) is 10.3 Å². The van der Waals surface area contributed by atoms with Gasteiger partial charge in [-0.15, -0.1) is 11.3 Å². The van der Waals surface area contributed by atoms with E-state index in [1.54, 1.807) is 42.3 Å². The lowest BCUT2D eigenvalue weighted by molar-refractivity contribution is -0.153. The van der Waals surface area contributed by atoms with Gasteiger partial charge in [-0.05, 0) is 25.5 Å². The van der Waals surface area contributed by atoms with E-state index in [-0.39, 0.29) is 5.75 Å². The van der Waals surface area contributed by atoms with E-state index in [1.165, 1.54) is 12.1 Å². The number of carbonyl (C=O) groups is 1. The van der Waals surface area contributed by atoms with E-state index in [2.05, 4.69) is 15.6 Å². The smallest absolute Gasteiger partial charge is 0.422 e. The number of anilines is 1. The van der Waals surface area contributed by atoms with E-state index in [9.17, 15) is 18.0 Å². The van der Waals surface area contributed by atoms with Crippen LogP contribution in [-0.2, 0) is 0 Å². The number of thiazole rings is 1. The second-order valence-corrected chi connectivity index (χ2v) is 7.45. The van der Waals surface area contributed by atoms with Crippen molar-refractivity contribution in [2.75, 3.05) is 24.2 Å². The van der Waals surface area contributed by atoms with Crippen LogP contribution in [-0.4, -0.2) is 36.1 Å². The molecule has 0 bridgehead atoms. The number of nitrogens with one attached hydrogen (secondary N) is 2. The zero-order chi connectivity index (χ0) is 19.0. The average molecular weight is 405 g/mol. The Morgan fingerprint density at radius 1 is 1.38 bits per heavy atom. The van der Waals surface area contributed by atoms with Gasteiger partial charge in [-0.1, -0.05) is 17.8 Å². The minimum Gasteiger partial charge on any atom is -0.484 e. The zero-order valence-corrected chi connectivity index (χ0v) is 15.6. The van der Waals surface area contributed by atoms with Crippen LogP contribution in [0.1, 0.15) is 12.0 Å². The molecule has 0 atom stereocenters. The Kier molecular flexibility index (Phi) is 7.58. The lowest BCUT2D eigenvalue weighted by Gasteiger charge is -2.15. The van der Waals surface area contributed by atoms with Gasteiger partial charge in [-0.2, -0.15) is 13.2 Å². The summed E-state index contributed by atoms with van der Waals surface area (Å²) in [6.07, 6.45) is -1.90. The third-order valence-electron chi connectivity index (χ3n) is 3.17. The Labute approximate surface area is 157 Å². The molecule has 0 aliphatic carbocycles. The molecule has 0 fully saturated rings. The highest BCUT2D eigenvalue weighted by Gasteiger charge is 2.28.